The predicted molar refractivity (Wildman–Crippen MR) is 129 cm³/mol. The molecule has 4 N–H and O–H groups in total. The molecule has 0 aliphatic heterocycles. The first kappa shape index (κ1) is 22.2. The summed E-state index contributed by atoms with van der Waals surface area (Å²) in [6.07, 6.45) is 2.83. The number of H-pyrrole nitrogens is 1. The van der Waals surface area contributed by atoms with Crippen LogP contribution in [0.5, 0.6) is 0 Å². The molecule has 0 fully saturated rings. The number of pyridine rings is 1. The van der Waals surface area contributed by atoms with Crippen molar-refractivity contribution in [1.82, 2.24) is 34.9 Å². The van der Waals surface area contributed by atoms with Crippen LogP contribution in [-0.4, -0.2) is 46.6 Å². The lowest BCUT2D eigenvalue weighted by atomic mass is 10.1. The molecule has 178 valence electrons. The molecule has 0 aliphatic rings. The zero-order valence-electron chi connectivity index (χ0n) is 19.0. The minimum Gasteiger partial charge on any atom is -0.394 e. The molecule has 0 bridgehead atoms. The number of aromatic amines is 1. The molecule has 0 amide bonds. The molecule has 5 aromatic rings. The van der Waals surface area contributed by atoms with E-state index in [2.05, 4.69) is 40.8 Å². The number of aromatic nitrogens is 7. The first-order valence-electron chi connectivity index (χ1n) is 11.0. The molecule has 12 nitrogen and oxygen atoms in total. The molecule has 0 saturated carbocycles. The molecule has 35 heavy (non-hydrogen) atoms. The number of aliphatic hydroxyl groups is 1. The number of fused-ring (bicyclic) bond motifs is 1. The quantitative estimate of drug-likeness (QED) is 0.264. The molecule has 4 heterocycles. The third-order valence-corrected chi connectivity index (χ3v) is 5.40. The van der Waals surface area contributed by atoms with Gasteiger partial charge in [-0.05, 0) is 31.5 Å². The van der Waals surface area contributed by atoms with E-state index in [-0.39, 0.29) is 30.0 Å². The van der Waals surface area contributed by atoms with Crippen molar-refractivity contribution in [1.29, 1.82) is 0 Å². The van der Waals surface area contributed by atoms with Crippen LogP contribution in [-0.2, 0) is 0 Å². The fourth-order valence-corrected chi connectivity index (χ4v) is 3.67. The van der Waals surface area contributed by atoms with Crippen molar-refractivity contribution in [3.63, 3.8) is 0 Å². The second kappa shape index (κ2) is 9.35. The first-order valence-corrected chi connectivity index (χ1v) is 11.0. The van der Waals surface area contributed by atoms with Crippen LogP contribution in [0, 0.1) is 0 Å². The van der Waals surface area contributed by atoms with Gasteiger partial charge in [0.1, 0.15) is 17.2 Å². The van der Waals surface area contributed by atoms with Gasteiger partial charge in [0.15, 0.2) is 12.0 Å². The van der Waals surface area contributed by atoms with E-state index in [1.165, 1.54) is 6.33 Å². The van der Waals surface area contributed by atoms with Gasteiger partial charge in [0, 0.05) is 12.2 Å². The Morgan fingerprint density at radius 2 is 1.94 bits per heavy atom. The predicted octanol–water partition coefficient (Wildman–Crippen LogP) is 3.03. The third kappa shape index (κ3) is 4.46. The van der Waals surface area contributed by atoms with E-state index in [9.17, 15) is 9.90 Å². The van der Waals surface area contributed by atoms with Crippen molar-refractivity contribution < 1.29 is 9.63 Å². The Morgan fingerprint density at radius 3 is 2.66 bits per heavy atom. The number of rotatable bonds is 8. The van der Waals surface area contributed by atoms with Crippen molar-refractivity contribution in [2.24, 2.45) is 0 Å². The Labute approximate surface area is 199 Å². The Bertz CT molecular complexity index is 1490. The minimum absolute atomic E-state index is 0.0251. The second-order valence-electron chi connectivity index (χ2n) is 8.09. The maximum absolute atomic E-state index is 12.2. The topological polar surface area (TPSA) is 160 Å². The first-order chi connectivity index (χ1) is 17.0. The highest BCUT2D eigenvalue weighted by molar-refractivity contribution is 5.77. The van der Waals surface area contributed by atoms with Gasteiger partial charge in [0.2, 0.25) is 5.95 Å². The summed E-state index contributed by atoms with van der Waals surface area (Å²) < 4.78 is 6.92. The number of nitrogens with zero attached hydrogens (tertiary/aromatic N) is 6. The molecule has 1 atom stereocenters. The van der Waals surface area contributed by atoms with E-state index >= 15 is 0 Å². The van der Waals surface area contributed by atoms with E-state index in [0.29, 0.717) is 28.2 Å². The van der Waals surface area contributed by atoms with Crippen LogP contribution in [0.15, 0.2) is 64.3 Å². The van der Waals surface area contributed by atoms with Crippen LogP contribution in [0.2, 0.25) is 0 Å². The van der Waals surface area contributed by atoms with Crippen LogP contribution in [0.3, 0.4) is 0 Å². The van der Waals surface area contributed by atoms with E-state index in [0.717, 1.165) is 5.56 Å². The van der Waals surface area contributed by atoms with Gasteiger partial charge < -0.3 is 20.3 Å². The Balaban J connectivity index is 1.51. The fraction of sp³-hybridized carbons (Fsp3) is 0.217. The SMILES string of the molecule is CC(C)n1[nH]c(=O)c2ccc(Nc3ncc(-c4ncno4)c(N[C@H](CO)c4ccccc4)n3)nc21. The Morgan fingerprint density at radius 1 is 1.11 bits per heavy atom. The van der Waals surface area contributed by atoms with Crippen LogP contribution >= 0.6 is 0 Å². The normalized spacial score (nSPS) is 12.2. The summed E-state index contributed by atoms with van der Waals surface area (Å²) in [6, 6.07) is 12.5. The maximum atomic E-state index is 12.2. The summed E-state index contributed by atoms with van der Waals surface area (Å²) in [7, 11) is 0. The van der Waals surface area contributed by atoms with Crippen molar-refractivity contribution >= 4 is 28.6 Å². The average molecular weight is 473 g/mol. The summed E-state index contributed by atoms with van der Waals surface area (Å²) >= 11 is 0. The summed E-state index contributed by atoms with van der Waals surface area (Å²) in [6.45, 7) is 3.75. The smallest absolute Gasteiger partial charge is 0.273 e. The zero-order valence-corrected chi connectivity index (χ0v) is 19.0. The molecule has 0 radical (unpaired) electrons. The number of aliphatic hydroxyl groups excluding tert-OH is 1. The average Bonchev–Trinajstić information content (AvgIpc) is 3.51. The highest BCUT2D eigenvalue weighted by Gasteiger charge is 2.19. The van der Waals surface area contributed by atoms with Crippen LogP contribution in [0.1, 0.15) is 31.5 Å². The molecular weight excluding hydrogens is 450 g/mol. The van der Waals surface area contributed by atoms with Gasteiger partial charge in [0.25, 0.3) is 11.4 Å². The van der Waals surface area contributed by atoms with E-state index < -0.39 is 6.04 Å². The summed E-state index contributed by atoms with van der Waals surface area (Å²) in [4.78, 5) is 29.8. The molecule has 0 spiro atoms. The summed E-state index contributed by atoms with van der Waals surface area (Å²) in [5.74, 6) is 1.33. The zero-order chi connectivity index (χ0) is 24.4. The Hall–Kier alpha value is -4.58. The standard InChI is InChI=1S/C23H23N9O3/c1-13(2)32-20-15(21(34)31-32)8-9-18(28-20)29-23-24-10-16(22-25-12-26-35-22)19(30-23)27-17(11-33)14-6-4-3-5-7-14/h3-10,12-13,17,33H,11H2,1-2H3,(H,31,34)(H2,24,27,28,29,30)/t17-/m1/s1. The van der Waals surface area contributed by atoms with Gasteiger partial charge in [0.05, 0.1) is 18.0 Å². The molecule has 0 saturated heterocycles. The summed E-state index contributed by atoms with van der Waals surface area (Å²) in [5.41, 5.74) is 1.69. The van der Waals surface area contributed by atoms with Gasteiger partial charge >= 0.3 is 0 Å². The van der Waals surface area contributed by atoms with Crippen LogP contribution in [0.4, 0.5) is 17.6 Å². The van der Waals surface area contributed by atoms with Gasteiger partial charge in [-0.15, -0.1) is 0 Å². The van der Waals surface area contributed by atoms with E-state index in [1.807, 2.05) is 44.2 Å². The number of nitrogens with one attached hydrogen (secondary N) is 3. The van der Waals surface area contributed by atoms with Crippen molar-refractivity contribution in [2.45, 2.75) is 25.9 Å². The maximum Gasteiger partial charge on any atom is 0.273 e. The highest BCUT2D eigenvalue weighted by Crippen LogP contribution is 2.29. The molecule has 0 unspecified atom stereocenters. The Kier molecular flexibility index (Phi) is 5.94. The number of hydrogen-bond donors (Lipinski definition) is 4. The van der Waals surface area contributed by atoms with Gasteiger partial charge in [-0.2, -0.15) is 9.97 Å². The molecule has 0 aliphatic carbocycles. The second-order valence-corrected chi connectivity index (χ2v) is 8.09. The van der Waals surface area contributed by atoms with Crippen molar-refractivity contribution in [3.8, 4) is 11.5 Å². The lowest BCUT2D eigenvalue weighted by Gasteiger charge is -2.19. The van der Waals surface area contributed by atoms with Crippen LogP contribution in [0.25, 0.3) is 22.5 Å². The number of benzene rings is 1. The number of hydrogen-bond acceptors (Lipinski definition) is 10. The van der Waals surface area contributed by atoms with Crippen molar-refractivity contribution in [2.75, 3.05) is 17.2 Å². The summed E-state index contributed by atoms with van der Waals surface area (Å²) in [5, 5.41) is 23.3. The molecule has 5 rings (SSSR count). The van der Waals surface area contributed by atoms with E-state index in [1.54, 1.807) is 23.0 Å². The van der Waals surface area contributed by atoms with Gasteiger partial charge in [-0.1, -0.05) is 35.5 Å². The lowest BCUT2D eigenvalue weighted by Crippen LogP contribution is -2.17. The minimum atomic E-state index is -0.435. The van der Waals surface area contributed by atoms with E-state index in [4.69, 9.17) is 4.52 Å². The van der Waals surface area contributed by atoms with Crippen LogP contribution < -0.4 is 16.2 Å². The number of anilines is 3. The molecular formula is C23H23N9O3. The fourth-order valence-electron chi connectivity index (χ4n) is 3.67. The monoisotopic (exact) mass is 473 g/mol. The lowest BCUT2D eigenvalue weighted by molar-refractivity contribution is 0.276. The molecule has 12 heteroatoms. The van der Waals surface area contributed by atoms with Crippen molar-refractivity contribution in [3.05, 3.63) is 70.9 Å². The van der Waals surface area contributed by atoms with Gasteiger partial charge in [-0.3, -0.25) is 14.6 Å². The van der Waals surface area contributed by atoms with Gasteiger partial charge in [-0.25, -0.2) is 9.97 Å². The third-order valence-electron chi connectivity index (χ3n) is 5.40. The molecule has 4 aromatic heterocycles. The molecule has 1 aromatic carbocycles. The highest BCUT2D eigenvalue weighted by atomic mass is 16.5. The largest absolute Gasteiger partial charge is 0.394 e.